The molecule has 0 N–H and O–H groups in total. The van der Waals surface area contributed by atoms with Crippen molar-refractivity contribution in [2.24, 2.45) is 0 Å². The molecule has 1 aliphatic carbocycles. The second-order valence-corrected chi connectivity index (χ2v) is 6.14. The molecule has 0 radical (unpaired) electrons. The van der Waals surface area contributed by atoms with E-state index in [0.717, 1.165) is 19.3 Å². The molecular formula is C22H21N. The zero-order valence-electron chi connectivity index (χ0n) is 13.8. The van der Waals surface area contributed by atoms with Gasteiger partial charge in [0.25, 0.3) is 0 Å². The van der Waals surface area contributed by atoms with Gasteiger partial charge >= 0.3 is 0 Å². The molecule has 1 heterocycles. The van der Waals surface area contributed by atoms with E-state index >= 15 is 0 Å². The summed E-state index contributed by atoms with van der Waals surface area (Å²) in [7, 11) is 0. The molecule has 0 unspecified atom stereocenters. The normalized spacial score (nSPS) is 12.1. The van der Waals surface area contributed by atoms with Crippen LogP contribution in [0.1, 0.15) is 36.4 Å². The van der Waals surface area contributed by atoms with Crippen LogP contribution >= 0.6 is 0 Å². The molecule has 3 aromatic rings. The van der Waals surface area contributed by atoms with E-state index in [4.69, 9.17) is 4.98 Å². The number of hydrogen-bond donors (Lipinski definition) is 0. The highest BCUT2D eigenvalue weighted by Crippen LogP contribution is 2.44. The van der Waals surface area contributed by atoms with Crippen molar-refractivity contribution >= 4 is 0 Å². The SMILES string of the molecule is CCc1nc2c(c(-c3ccccc3)c1CC)-c1ccccc1C2. The summed E-state index contributed by atoms with van der Waals surface area (Å²) in [6.45, 7) is 4.46. The lowest BCUT2D eigenvalue weighted by atomic mass is 9.89. The first-order valence-electron chi connectivity index (χ1n) is 8.51. The molecule has 0 aliphatic heterocycles. The van der Waals surface area contributed by atoms with Gasteiger partial charge in [0.15, 0.2) is 0 Å². The van der Waals surface area contributed by atoms with Gasteiger partial charge in [0, 0.05) is 17.7 Å². The van der Waals surface area contributed by atoms with Crippen molar-refractivity contribution in [2.45, 2.75) is 33.1 Å². The number of pyridine rings is 1. The van der Waals surface area contributed by atoms with Crippen LogP contribution in [0.15, 0.2) is 54.6 Å². The lowest BCUT2D eigenvalue weighted by molar-refractivity contribution is 0.939. The molecule has 0 saturated heterocycles. The first-order valence-corrected chi connectivity index (χ1v) is 8.51. The lowest BCUT2D eigenvalue weighted by Gasteiger charge is -2.18. The Balaban J connectivity index is 2.09. The number of hydrogen-bond acceptors (Lipinski definition) is 1. The molecule has 1 nitrogen and oxygen atoms in total. The average molecular weight is 299 g/mol. The van der Waals surface area contributed by atoms with Crippen LogP contribution < -0.4 is 0 Å². The molecule has 23 heavy (non-hydrogen) atoms. The third-order valence-corrected chi connectivity index (χ3v) is 4.85. The molecule has 1 heteroatoms. The molecule has 1 aliphatic rings. The summed E-state index contributed by atoms with van der Waals surface area (Å²) in [5, 5.41) is 0. The van der Waals surface area contributed by atoms with Crippen LogP contribution in [0, 0.1) is 0 Å². The molecule has 0 saturated carbocycles. The maximum atomic E-state index is 5.04. The second kappa shape index (κ2) is 5.66. The molecular weight excluding hydrogens is 278 g/mol. The Labute approximate surface area is 138 Å². The number of rotatable bonds is 3. The van der Waals surface area contributed by atoms with Gasteiger partial charge in [-0.25, -0.2) is 0 Å². The third kappa shape index (κ3) is 2.19. The van der Waals surface area contributed by atoms with Crippen molar-refractivity contribution in [3.05, 3.63) is 77.1 Å². The predicted octanol–water partition coefficient (Wildman–Crippen LogP) is 5.44. The largest absolute Gasteiger partial charge is 0.257 e. The summed E-state index contributed by atoms with van der Waals surface area (Å²) >= 11 is 0. The van der Waals surface area contributed by atoms with E-state index in [1.165, 1.54) is 44.8 Å². The van der Waals surface area contributed by atoms with Crippen molar-refractivity contribution in [2.75, 3.05) is 0 Å². The van der Waals surface area contributed by atoms with Gasteiger partial charge in [-0.15, -0.1) is 0 Å². The molecule has 1 aromatic heterocycles. The third-order valence-electron chi connectivity index (χ3n) is 4.85. The summed E-state index contributed by atoms with van der Waals surface area (Å²) < 4.78 is 0. The van der Waals surface area contributed by atoms with Gasteiger partial charge in [-0.1, -0.05) is 68.4 Å². The maximum absolute atomic E-state index is 5.04. The molecule has 2 aromatic carbocycles. The van der Waals surface area contributed by atoms with Crippen molar-refractivity contribution in [1.82, 2.24) is 4.98 Å². The fourth-order valence-electron chi connectivity index (χ4n) is 3.84. The summed E-state index contributed by atoms with van der Waals surface area (Å²) in [6, 6.07) is 19.6. The molecule has 0 fully saturated rings. The lowest BCUT2D eigenvalue weighted by Crippen LogP contribution is -2.03. The van der Waals surface area contributed by atoms with Gasteiger partial charge in [0.2, 0.25) is 0 Å². The van der Waals surface area contributed by atoms with Crippen molar-refractivity contribution in [1.29, 1.82) is 0 Å². The van der Waals surface area contributed by atoms with Crippen LogP contribution in [-0.2, 0) is 19.3 Å². The van der Waals surface area contributed by atoms with Crippen molar-refractivity contribution < 1.29 is 0 Å². The Morgan fingerprint density at radius 2 is 1.57 bits per heavy atom. The number of aryl methyl sites for hydroxylation is 1. The number of aromatic nitrogens is 1. The van der Waals surface area contributed by atoms with Crippen LogP contribution in [0.5, 0.6) is 0 Å². The van der Waals surface area contributed by atoms with Crippen LogP contribution in [-0.4, -0.2) is 4.98 Å². The van der Waals surface area contributed by atoms with E-state index in [1.54, 1.807) is 0 Å². The molecule has 0 atom stereocenters. The summed E-state index contributed by atoms with van der Waals surface area (Å²) in [4.78, 5) is 5.04. The molecule has 0 amide bonds. The summed E-state index contributed by atoms with van der Waals surface area (Å²) in [6.07, 6.45) is 2.98. The van der Waals surface area contributed by atoms with Crippen LogP contribution in [0.3, 0.4) is 0 Å². The topological polar surface area (TPSA) is 12.9 Å². The zero-order valence-corrected chi connectivity index (χ0v) is 13.8. The second-order valence-electron chi connectivity index (χ2n) is 6.14. The number of benzene rings is 2. The van der Waals surface area contributed by atoms with E-state index in [-0.39, 0.29) is 0 Å². The first kappa shape index (κ1) is 14.2. The number of nitrogens with zero attached hydrogens (tertiary/aromatic N) is 1. The maximum Gasteiger partial charge on any atom is 0.0535 e. The van der Waals surface area contributed by atoms with Crippen LogP contribution in [0.4, 0.5) is 0 Å². The fourth-order valence-corrected chi connectivity index (χ4v) is 3.84. The van der Waals surface area contributed by atoms with E-state index in [9.17, 15) is 0 Å². The Hall–Kier alpha value is -2.41. The van der Waals surface area contributed by atoms with Gasteiger partial charge in [-0.3, -0.25) is 4.98 Å². The van der Waals surface area contributed by atoms with Crippen molar-refractivity contribution in [3.63, 3.8) is 0 Å². The van der Waals surface area contributed by atoms with Crippen LogP contribution in [0.25, 0.3) is 22.3 Å². The molecule has 0 spiro atoms. The fraction of sp³-hybridized carbons (Fsp3) is 0.227. The van der Waals surface area contributed by atoms with E-state index in [0.29, 0.717) is 0 Å². The smallest absolute Gasteiger partial charge is 0.0535 e. The highest BCUT2D eigenvalue weighted by molar-refractivity contribution is 5.91. The van der Waals surface area contributed by atoms with Crippen LogP contribution in [0.2, 0.25) is 0 Å². The first-order chi connectivity index (χ1) is 11.3. The average Bonchev–Trinajstić information content (AvgIpc) is 2.98. The predicted molar refractivity (Wildman–Crippen MR) is 96.7 cm³/mol. The van der Waals surface area contributed by atoms with Gasteiger partial charge in [0.1, 0.15) is 0 Å². The minimum atomic E-state index is 0.961. The molecule has 4 rings (SSSR count). The Morgan fingerprint density at radius 3 is 2.30 bits per heavy atom. The molecule has 0 bridgehead atoms. The minimum absolute atomic E-state index is 0.961. The van der Waals surface area contributed by atoms with E-state index in [2.05, 4.69) is 68.4 Å². The molecule has 114 valence electrons. The minimum Gasteiger partial charge on any atom is -0.257 e. The summed E-state index contributed by atoms with van der Waals surface area (Å²) in [5.41, 5.74) is 10.8. The van der Waals surface area contributed by atoms with E-state index in [1.807, 2.05) is 0 Å². The van der Waals surface area contributed by atoms with Gasteiger partial charge in [-0.05, 0) is 40.7 Å². The van der Waals surface area contributed by atoms with Gasteiger partial charge in [0.05, 0.1) is 5.69 Å². The quantitative estimate of drug-likeness (QED) is 0.490. The monoisotopic (exact) mass is 299 g/mol. The van der Waals surface area contributed by atoms with Gasteiger partial charge < -0.3 is 0 Å². The standard InChI is InChI=1S/C22H21N/c1-3-17-19(4-2)23-20-14-16-12-8-9-13-18(16)22(20)21(17)15-10-6-5-7-11-15/h5-13H,3-4,14H2,1-2H3. The van der Waals surface area contributed by atoms with Gasteiger partial charge in [-0.2, -0.15) is 0 Å². The Bertz CT molecular complexity index is 863. The highest BCUT2D eigenvalue weighted by atomic mass is 14.7. The Kier molecular flexibility index (Phi) is 3.49. The highest BCUT2D eigenvalue weighted by Gasteiger charge is 2.26. The zero-order chi connectivity index (χ0) is 15.8. The van der Waals surface area contributed by atoms with Crippen molar-refractivity contribution in [3.8, 4) is 22.3 Å². The number of fused-ring (bicyclic) bond motifs is 3. The Morgan fingerprint density at radius 1 is 0.826 bits per heavy atom. The van der Waals surface area contributed by atoms with E-state index < -0.39 is 0 Å². The summed E-state index contributed by atoms with van der Waals surface area (Å²) in [5.74, 6) is 0.